The molecule has 0 aromatic heterocycles. The monoisotopic (exact) mass is 269 g/mol. The van der Waals surface area contributed by atoms with Crippen LogP contribution >= 0.6 is 0 Å². The molecule has 1 heterocycles. The van der Waals surface area contributed by atoms with E-state index in [0.29, 0.717) is 12.5 Å². The van der Waals surface area contributed by atoms with Crippen LogP contribution < -0.4 is 5.32 Å². The van der Waals surface area contributed by atoms with E-state index in [1.165, 1.54) is 12.8 Å². The molecule has 0 spiro atoms. The smallest absolute Gasteiger partial charge is 0.236 e. The van der Waals surface area contributed by atoms with Crippen LogP contribution in [0.3, 0.4) is 0 Å². The molecule has 1 unspecified atom stereocenters. The number of carbonyl (C=O) groups is 1. The van der Waals surface area contributed by atoms with Gasteiger partial charge in [-0.05, 0) is 58.7 Å². The van der Waals surface area contributed by atoms with Crippen LogP contribution in [0.1, 0.15) is 40.0 Å². The van der Waals surface area contributed by atoms with Crippen molar-refractivity contribution >= 4 is 5.91 Å². The standard InChI is InChI=1S/C15H31N3O/c1-4-10-17(12-14-8-7-9-16-11-14)13-15(19)18(5-2)6-3/h14,16H,4-13H2,1-3H3. The average molecular weight is 269 g/mol. The molecule has 1 rings (SSSR count). The lowest BCUT2D eigenvalue weighted by Gasteiger charge is -2.31. The van der Waals surface area contributed by atoms with E-state index in [4.69, 9.17) is 0 Å². The highest BCUT2D eigenvalue weighted by Gasteiger charge is 2.19. The Labute approximate surface area is 118 Å². The van der Waals surface area contributed by atoms with Gasteiger partial charge in [-0.1, -0.05) is 6.92 Å². The Balaban J connectivity index is 2.44. The normalized spacial score (nSPS) is 19.7. The zero-order valence-corrected chi connectivity index (χ0v) is 13.0. The fraction of sp³-hybridized carbons (Fsp3) is 0.933. The highest BCUT2D eigenvalue weighted by atomic mass is 16.2. The van der Waals surface area contributed by atoms with Crippen LogP contribution in [-0.2, 0) is 4.79 Å². The van der Waals surface area contributed by atoms with E-state index in [0.717, 1.165) is 45.7 Å². The lowest BCUT2D eigenvalue weighted by atomic mass is 9.99. The zero-order valence-electron chi connectivity index (χ0n) is 13.0. The van der Waals surface area contributed by atoms with Gasteiger partial charge in [0.15, 0.2) is 0 Å². The van der Waals surface area contributed by atoms with Crippen molar-refractivity contribution in [1.29, 1.82) is 0 Å². The van der Waals surface area contributed by atoms with Crippen molar-refractivity contribution in [1.82, 2.24) is 15.1 Å². The van der Waals surface area contributed by atoms with Crippen LogP contribution in [0, 0.1) is 5.92 Å². The van der Waals surface area contributed by atoms with Crippen molar-refractivity contribution in [3.05, 3.63) is 0 Å². The molecule has 0 bridgehead atoms. The zero-order chi connectivity index (χ0) is 14.1. The van der Waals surface area contributed by atoms with Crippen molar-refractivity contribution < 1.29 is 4.79 Å². The third-order valence-electron chi connectivity index (χ3n) is 3.93. The predicted molar refractivity (Wildman–Crippen MR) is 80.3 cm³/mol. The Bertz CT molecular complexity index is 248. The van der Waals surface area contributed by atoms with Crippen molar-refractivity contribution in [2.45, 2.75) is 40.0 Å². The third kappa shape index (κ3) is 5.91. The van der Waals surface area contributed by atoms with E-state index in [9.17, 15) is 4.79 Å². The lowest BCUT2D eigenvalue weighted by Crippen LogP contribution is -2.44. The maximum Gasteiger partial charge on any atom is 0.236 e. The second-order valence-electron chi connectivity index (χ2n) is 5.51. The summed E-state index contributed by atoms with van der Waals surface area (Å²) in [5.74, 6) is 0.993. The molecule has 1 saturated heterocycles. The van der Waals surface area contributed by atoms with E-state index < -0.39 is 0 Å². The fourth-order valence-corrected chi connectivity index (χ4v) is 2.86. The van der Waals surface area contributed by atoms with Gasteiger partial charge in [-0.3, -0.25) is 9.69 Å². The Hall–Kier alpha value is -0.610. The second kappa shape index (κ2) is 9.32. The first-order chi connectivity index (χ1) is 9.21. The number of rotatable bonds is 8. The maximum atomic E-state index is 12.2. The SMILES string of the molecule is CCCN(CC(=O)N(CC)CC)CC1CCCNC1. The summed E-state index contributed by atoms with van der Waals surface area (Å²) in [7, 11) is 0. The van der Waals surface area contributed by atoms with Crippen molar-refractivity contribution in [2.24, 2.45) is 5.92 Å². The minimum atomic E-state index is 0.280. The fourth-order valence-electron chi connectivity index (χ4n) is 2.86. The molecule has 1 aliphatic rings. The number of carbonyl (C=O) groups excluding carboxylic acids is 1. The van der Waals surface area contributed by atoms with Crippen molar-refractivity contribution in [3.63, 3.8) is 0 Å². The van der Waals surface area contributed by atoms with Crippen LogP contribution in [0.5, 0.6) is 0 Å². The predicted octanol–water partition coefficient (Wildman–Crippen LogP) is 1.57. The molecule has 1 amide bonds. The molecule has 4 nitrogen and oxygen atoms in total. The summed E-state index contributed by atoms with van der Waals surface area (Å²) in [4.78, 5) is 16.5. The van der Waals surface area contributed by atoms with Gasteiger partial charge in [0.1, 0.15) is 0 Å². The Kier molecular flexibility index (Phi) is 8.07. The molecule has 19 heavy (non-hydrogen) atoms. The average Bonchev–Trinajstić information content (AvgIpc) is 2.41. The Morgan fingerprint density at radius 3 is 2.53 bits per heavy atom. The highest BCUT2D eigenvalue weighted by molar-refractivity contribution is 5.78. The van der Waals surface area contributed by atoms with Crippen LogP contribution in [-0.4, -0.2) is 61.5 Å². The Morgan fingerprint density at radius 2 is 2.00 bits per heavy atom. The molecule has 1 N–H and O–H groups in total. The lowest BCUT2D eigenvalue weighted by molar-refractivity contribution is -0.132. The number of nitrogens with zero attached hydrogens (tertiary/aromatic N) is 2. The molecule has 4 heteroatoms. The summed E-state index contributed by atoms with van der Waals surface area (Å²) < 4.78 is 0. The van der Waals surface area contributed by atoms with Gasteiger partial charge < -0.3 is 10.2 Å². The number of hydrogen-bond acceptors (Lipinski definition) is 3. The number of hydrogen-bond donors (Lipinski definition) is 1. The van der Waals surface area contributed by atoms with E-state index in [1.807, 2.05) is 4.90 Å². The summed E-state index contributed by atoms with van der Waals surface area (Å²) in [6.07, 6.45) is 3.69. The number of nitrogens with one attached hydrogen (secondary N) is 1. The van der Waals surface area contributed by atoms with Gasteiger partial charge in [0.25, 0.3) is 0 Å². The topological polar surface area (TPSA) is 35.6 Å². The summed E-state index contributed by atoms with van der Waals surface area (Å²) >= 11 is 0. The van der Waals surface area contributed by atoms with Gasteiger partial charge in [0, 0.05) is 19.6 Å². The quantitative estimate of drug-likeness (QED) is 0.726. The first-order valence-electron chi connectivity index (χ1n) is 7.92. The molecule has 0 aliphatic carbocycles. The van der Waals surface area contributed by atoms with Gasteiger partial charge in [-0.15, -0.1) is 0 Å². The summed E-state index contributed by atoms with van der Waals surface area (Å²) in [6, 6.07) is 0. The number of likely N-dealkylation sites (N-methyl/N-ethyl adjacent to an activating group) is 1. The molecule has 0 saturated carbocycles. The largest absolute Gasteiger partial charge is 0.342 e. The van der Waals surface area contributed by atoms with Crippen LogP contribution in [0.25, 0.3) is 0 Å². The molecule has 112 valence electrons. The maximum absolute atomic E-state index is 12.2. The van der Waals surface area contributed by atoms with Crippen molar-refractivity contribution in [3.8, 4) is 0 Å². The minimum absolute atomic E-state index is 0.280. The molecule has 1 aliphatic heterocycles. The minimum Gasteiger partial charge on any atom is -0.342 e. The van der Waals surface area contributed by atoms with E-state index in [-0.39, 0.29) is 5.91 Å². The number of piperidine rings is 1. The van der Waals surface area contributed by atoms with Crippen LogP contribution in [0.15, 0.2) is 0 Å². The molecule has 1 atom stereocenters. The van der Waals surface area contributed by atoms with Gasteiger partial charge in [0.05, 0.1) is 6.54 Å². The molecular formula is C15H31N3O. The summed E-state index contributed by atoms with van der Waals surface area (Å²) in [6.45, 7) is 12.9. The van der Waals surface area contributed by atoms with Crippen LogP contribution in [0.2, 0.25) is 0 Å². The third-order valence-corrected chi connectivity index (χ3v) is 3.93. The highest BCUT2D eigenvalue weighted by Crippen LogP contribution is 2.12. The van der Waals surface area contributed by atoms with Gasteiger partial charge >= 0.3 is 0 Å². The van der Waals surface area contributed by atoms with Gasteiger partial charge in [-0.25, -0.2) is 0 Å². The molecular weight excluding hydrogens is 238 g/mol. The summed E-state index contributed by atoms with van der Waals surface area (Å²) in [5.41, 5.74) is 0. The number of amides is 1. The van der Waals surface area contributed by atoms with E-state index in [2.05, 4.69) is 31.0 Å². The molecule has 0 aromatic carbocycles. The summed E-state index contributed by atoms with van der Waals surface area (Å²) in [5, 5.41) is 3.46. The van der Waals surface area contributed by atoms with Crippen molar-refractivity contribution in [2.75, 3.05) is 45.8 Å². The molecule has 0 aromatic rings. The molecule has 1 fully saturated rings. The van der Waals surface area contributed by atoms with Gasteiger partial charge in [-0.2, -0.15) is 0 Å². The van der Waals surface area contributed by atoms with E-state index in [1.54, 1.807) is 0 Å². The Morgan fingerprint density at radius 1 is 1.26 bits per heavy atom. The van der Waals surface area contributed by atoms with Gasteiger partial charge in [0.2, 0.25) is 5.91 Å². The first kappa shape index (κ1) is 16.4. The molecule has 0 radical (unpaired) electrons. The van der Waals surface area contributed by atoms with E-state index >= 15 is 0 Å². The first-order valence-corrected chi connectivity index (χ1v) is 7.92. The van der Waals surface area contributed by atoms with Crippen LogP contribution in [0.4, 0.5) is 0 Å². The second-order valence-corrected chi connectivity index (χ2v) is 5.51.